The van der Waals surface area contributed by atoms with E-state index in [9.17, 15) is 13.2 Å². The Labute approximate surface area is 155 Å². The van der Waals surface area contributed by atoms with Crippen LogP contribution in [0.4, 0.5) is 0 Å². The fourth-order valence-corrected chi connectivity index (χ4v) is 3.18. The van der Waals surface area contributed by atoms with Crippen molar-refractivity contribution in [1.82, 2.24) is 9.38 Å². The monoisotopic (exact) mass is 384 g/mol. The van der Waals surface area contributed by atoms with Crippen molar-refractivity contribution in [3.05, 3.63) is 70.3 Å². The standard InChI is InChI=1S/C19H16N2O5S/c1-12-3-6-18-20-16(10-21(18)9-12)15-8-14-5-4-13(11-25-27(2,23)24)7-17(14)26-19(15)22/h3-10H,11H2,1-2H3. The lowest BCUT2D eigenvalue weighted by atomic mass is 10.1. The van der Waals surface area contributed by atoms with E-state index in [4.69, 9.17) is 8.60 Å². The maximum Gasteiger partial charge on any atom is 0.345 e. The molecule has 0 atom stereocenters. The van der Waals surface area contributed by atoms with Gasteiger partial charge in [0.15, 0.2) is 0 Å². The van der Waals surface area contributed by atoms with E-state index in [1.807, 2.05) is 29.7 Å². The molecule has 27 heavy (non-hydrogen) atoms. The van der Waals surface area contributed by atoms with E-state index >= 15 is 0 Å². The molecule has 0 aliphatic heterocycles. The predicted octanol–water partition coefficient (Wildman–Crippen LogP) is 2.89. The average molecular weight is 384 g/mol. The first-order valence-corrected chi connectivity index (χ1v) is 9.97. The maximum absolute atomic E-state index is 12.5. The number of imidazole rings is 1. The lowest BCUT2D eigenvalue weighted by molar-refractivity contribution is 0.311. The first-order valence-electron chi connectivity index (χ1n) is 8.15. The van der Waals surface area contributed by atoms with E-state index in [1.54, 1.807) is 30.5 Å². The van der Waals surface area contributed by atoms with E-state index in [0.717, 1.165) is 17.5 Å². The molecule has 138 valence electrons. The molecule has 0 aliphatic rings. The Kier molecular flexibility index (Phi) is 4.09. The van der Waals surface area contributed by atoms with Crippen LogP contribution in [0, 0.1) is 6.92 Å². The molecule has 0 saturated heterocycles. The molecule has 0 bridgehead atoms. The van der Waals surface area contributed by atoms with Gasteiger partial charge in [-0.2, -0.15) is 8.42 Å². The van der Waals surface area contributed by atoms with Crippen LogP contribution in [0.1, 0.15) is 11.1 Å². The zero-order chi connectivity index (χ0) is 19.2. The van der Waals surface area contributed by atoms with E-state index in [0.29, 0.717) is 27.8 Å². The summed E-state index contributed by atoms with van der Waals surface area (Å²) in [6.45, 7) is 1.86. The molecule has 8 heteroatoms. The maximum atomic E-state index is 12.5. The van der Waals surface area contributed by atoms with Gasteiger partial charge in [0, 0.05) is 17.8 Å². The Bertz CT molecular complexity index is 1340. The SMILES string of the molecule is Cc1ccc2nc(-c3cc4ccc(COS(C)(=O)=O)cc4oc3=O)cn2c1. The second kappa shape index (κ2) is 6.33. The van der Waals surface area contributed by atoms with Crippen molar-refractivity contribution >= 4 is 26.7 Å². The van der Waals surface area contributed by atoms with Gasteiger partial charge in [-0.25, -0.2) is 9.78 Å². The van der Waals surface area contributed by atoms with Gasteiger partial charge in [-0.1, -0.05) is 18.2 Å². The van der Waals surface area contributed by atoms with Crippen molar-refractivity contribution in [2.45, 2.75) is 13.5 Å². The Balaban J connectivity index is 1.75. The molecule has 0 amide bonds. The van der Waals surface area contributed by atoms with Gasteiger partial charge in [-0.15, -0.1) is 0 Å². The van der Waals surface area contributed by atoms with E-state index < -0.39 is 15.7 Å². The average Bonchev–Trinajstić information content (AvgIpc) is 3.01. The summed E-state index contributed by atoms with van der Waals surface area (Å²) in [5.41, 5.74) is 3.16. The summed E-state index contributed by atoms with van der Waals surface area (Å²) in [5.74, 6) is 0. The van der Waals surface area contributed by atoms with E-state index in [1.165, 1.54) is 0 Å². The highest BCUT2D eigenvalue weighted by atomic mass is 32.2. The molecular weight excluding hydrogens is 368 g/mol. The number of pyridine rings is 1. The van der Waals surface area contributed by atoms with Crippen molar-refractivity contribution in [2.24, 2.45) is 0 Å². The van der Waals surface area contributed by atoms with Crippen LogP contribution in [0.5, 0.6) is 0 Å². The number of benzene rings is 1. The molecule has 1 aromatic carbocycles. The molecule has 0 unspecified atom stereocenters. The largest absolute Gasteiger partial charge is 0.422 e. The number of aromatic nitrogens is 2. The predicted molar refractivity (Wildman–Crippen MR) is 101 cm³/mol. The Morgan fingerprint density at radius 3 is 2.74 bits per heavy atom. The van der Waals surface area contributed by atoms with E-state index in [2.05, 4.69) is 4.98 Å². The Morgan fingerprint density at radius 2 is 1.96 bits per heavy atom. The number of hydrogen-bond acceptors (Lipinski definition) is 6. The van der Waals surface area contributed by atoms with Crippen LogP contribution in [0.2, 0.25) is 0 Å². The summed E-state index contributed by atoms with van der Waals surface area (Å²) in [6.07, 6.45) is 4.70. The zero-order valence-corrected chi connectivity index (χ0v) is 15.5. The lowest BCUT2D eigenvalue weighted by Crippen LogP contribution is -2.04. The van der Waals surface area contributed by atoms with Crippen LogP contribution in [-0.2, 0) is 20.9 Å². The minimum Gasteiger partial charge on any atom is -0.422 e. The van der Waals surface area contributed by atoms with E-state index in [-0.39, 0.29) is 6.61 Å². The van der Waals surface area contributed by atoms with Gasteiger partial charge in [0.25, 0.3) is 10.1 Å². The van der Waals surface area contributed by atoms with Gasteiger partial charge in [0.1, 0.15) is 11.2 Å². The second-order valence-electron chi connectivity index (χ2n) is 6.38. The number of fused-ring (bicyclic) bond motifs is 2. The Hall–Kier alpha value is -2.97. The molecule has 0 radical (unpaired) electrons. The normalized spacial score (nSPS) is 12.1. The first kappa shape index (κ1) is 17.4. The van der Waals surface area contributed by atoms with Gasteiger partial charge >= 0.3 is 5.63 Å². The van der Waals surface area contributed by atoms with Gasteiger partial charge in [-0.05, 0) is 36.2 Å². The van der Waals surface area contributed by atoms with Crippen molar-refractivity contribution < 1.29 is 17.0 Å². The molecule has 0 fully saturated rings. The van der Waals surface area contributed by atoms with Gasteiger partial charge < -0.3 is 8.82 Å². The van der Waals surface area contributed by atoms with Crippen molar-refractivity contribution in [1.29, 1.82) is 0 Å². The molecular formula is C19H16N2O5S. The molecule has 0 saturated carbocycles. The topological polar surface area (TPSA) is 90.9 Å². The third-order valence-electron chi connectivity index (χ3n) is 4.11. The highest BCUT2D eigenvalue weighted by molar-refractivity contribution is 7.85. The second-order valence-corrected chi connectivity index (χ2v) is 8.03. The van der Waals surface area contributed by atoms with Crippen LogP contribution in [0.3, 0.4) is 0 Å². The van der Waals surface area contributed by atoms with Crippen molar-refractivity contribution in [3.8, 4) is 11.3 Å². The molecule has 0 N–H and O–H groups in total. The van der Waals surface area contributed by atoms with Crippen LogP contribution >= 0.6 is 0 Å². The van der Waals surface area contributed by atoms with Gasteiger partial charge in [0.05, 0.1) is 24.1 Å². The van der Waals surface area contributed by atoms with Crippen molar-refractivity contribution in [2.75, 3.05) is 6.26 Å². The summed E-state index contributed by atoms with van der Waals surface area (Å²) in [6, 6.07) is 10.6. The smallest absolute Gasteiger partial charge is 0.345 e. The van der Waals surface area contributed by atoms with Gasteiger partial charge in [-0.3, -0.25) is 4.18 Å². The molecule has 4 aromatic rings. The highest BCUT2D eigenvalue weighted by Gasteiger charge is 2.12. The fraction of sp³-hybridized carbons (Fsp3) is 0.158. The van der Waals surface area contributed by atoms with Crippen LogP contribution < -0.4 is 5.63 Å². The minimum atomic E-state index is -3.55. The van der Waals surface area contributed by atoms with Crippen molar-refractivity contribution in [3.63, 3.8) is 0 Å². The summed E-state index contributed by atoms with van der Waals surface area (Å²) in [5, 5.41) is 0.709. The number of hydrogen-bond donors (Lipinski definition) is 0. The third-order valence-corrected chi connectivity index (χ3v) is 4.66. The number of nitrogens with zero attached hydrogens (tertiary/aromatic N) is 2. The van der Waals surface area contributed by atoms with Gasteiger partial charge in [0.2, 0.25) is 0 Å². The number of aryl methyl sites for hydroxylation is 1. The third kappa shape index (κ3) is 3.62. The molecule has 7 nitrogen and oxygen atoms in total. The molecule has 0 aliphatic carbocycles. The first-order chi connectivity index (χ1) is 12.8. The highest BCUT2D eigenvalue weighted by Crippen LogP contribution is 2.22. The zero-order valence-electron chi connectivity index (χ0n) is 14.7. The molecule has 4 rings (SSSR count). The lowest BCUT2D eigenvalue weighted by Gasteiger charge is -2.04. The van der Waals surface area contributed by atoms with Crippen LogP contribution in [0.15, 0.2) is 58.0 Å². The summed E-state index contributed by atoms with van der Waals surface area (Å²) in [4.78, 5) is 16.9. The fourth-order valence-electron chi connectivity index (χ4n) is 2.83. The minimum absolute atomic E-state index is 0.119. The molecule has 3 aromatic heterocycles. The Morgan fingerprint density at radius 1 is 1.15 bits per heavy atom. The summed E-state index contributed by atoms with van der Waals surface area (Å²) < 4.78 is 34.3. The molecule has 3 heterocycles. The number of rotatable bonds is 4. The summed E-state index contributed by atoms with van der Waals surface area (Å²) in [7, 11) is -3.55. The summed E-state index contributed by atoms with van der Waals surface area (Å²) >= 11 is 0. The molecule has 0 spiro atoms. The van der Waals surface area contributed by atoms with Crippen LogP contribution in [0.25, 0.3) is 27.9 Å². The van der Waals surface area contributed by atoms with Crippen LogP contribution in [-0.4, -0.2) is 24.1 Å². The quantitative estimate of drug-likeness (QED) is 0.397.